The number of ether oxygens (including phenoxy) is 3. The fourth-order valence-corrected chi connectivity index (χ4v) is 4.51. The van der Waals surface area contributed by atoms with Gasteiger partial charge in [0, 0.05) is 44.8 Å². The quantitative estimate of drug-likeness (QED) is 0.0722. The van der Waals surface area contributed by atoms with Crippen LogP contribution in [0.1, 0.15) is 98.2 Å². The Hall–Kier alpha value is -4.23. The number of nitrogens with one attached hydrogen (secondary N) is 2. The van der Waals surface area contributed by atoms with E-state index in [1.807, 2.05) is 13.8 Å². The van der Waals surface area contributed by atoms with E-state index >= 15 is 0 Å². The first-order chi connectivity index (χ1) is 21.8. The van der Waals surface area contributed by atoms with Gasteiger partial charge in [0.1, 0.15) is 6.10 Å². The van der Waals surface area contributed by atoms with Gasteiger partial charge in [-0.25, -0.2) is 0 Å². The largest absolute Gasteiger partial charge is 0.493 e. The summed E-state index contributed by atoms with van der Waals surface area (Å²) in [6.07, 6.45) is 2.17. The van der Waals surface area contributed by atoms with E-state index in [2.05, 4.69) is 10.6 Å². The summed E-state index contributed by atoms with van der Waals surface area (Å²) in [6.45, 7) is 11.6. The Morgan fingerprint density at radius 2 is 1.59 bits per heavy atom. The number of unbranched alkanes of at least 4 members (excludes halogenated alkanes) is 2. The number of carbonyl (C=O) groups excluding carboxylic acids is 5. The molecule has 1 heterocycles. The zero-order valence-electron chi connectivity index (χ0n) is 28.1. The lowest BCUT2D eigenvalue weighted by atomic mass is 10.1. The Labute approximate surface area is 271 Å². The lowest BCUT2D eigenvalue weighted by Gasteiger charge is -2.18. The minimum Gasteiger partial charge on any atom is -0.493 e. The highest BCUT2D eigenvalue weighted by atomic mass is 16.6. The number of amides is 4. The molecule has 1 aromatic rings. The van der Waals surface area contributed by atoms with Crippen LogP contribution in [0, 0.1) is 22.0 Å². The normalized spacial score (nSPS) is 14.7. The molecular weight excluding hydrogens is 600 g/mol. The van der Waals surface area contributed by atoms with Gasteiger partial charge in [0.25, 0.3) is 5.69 Å². The molecule has 0 aromatic heterocycles. The first-order valence-corrected chi connectivity index (χ1v) is 15.9. The maximum atomic E-state index is 12.2. The molecule has 14 heteroatoms. The van der Waals surface area contributed by atoms with Gasteiger partial charge in [-0.2, -0.15) is 0 Å². The van der Waals surface area contributed by atoms with Crippen molar-refractivity contribution in [3.8, 4) is 11.5 Å². The second-order valence-electron chi connectivity index (χ2n) is 11.0. The first kappa shape index (κ1) is 39.8. The first-order valence-electron chi connectivity index (χ1n) is 15.9. The van der Waals surface area contributed by atoms with Gasteiger partial charge in [0.2, 0.25) is 23.6 Å². The van der Waals surface area contributed by atoms with E-state index in [9.17, 15) is 34.1 Å². The number of rotatable bonds is 19. The second-order valence-corrected chi connectivity index (χ2v) is 11.0. The van der Waals surface area contributed by atoms with Gasteiger partial charge in [0.05, 0.1) is 36.2 Å². The van der Waals surface area contributed by atoms with Crippen molar-refractivity contribution in [2.24, 2.45) is 11.8 Å². The molecule has 4 amide bonds. The topological polar surface area (TPSA) is 183 Å². The molecule has 1 saturated heterocycles. The van der Waals surface area contributed by atoms with Crippen LogP contribution in [0.2, 0.25) is 0 Å². The summed E-state index contributed by atoms with van der Waals surface area (Å²) in [6, 6.07) is 2.62. The summed E-state index contributed by atoms with van der Waals surface area (Å²) in [5.74, 6) is -1.42. The Bertz CT molecular complexity index is 1200. The predicted molar refractivity (Wildman–Crippen MR) is 170 cm³/mol. The van der Waals surface area contributed by atoms with E-state index in [0.717, 1.165) is 0 Å². The number of esters is 1. The standard InChI is InChI=1S/C30H44N4O10.C2H6/c1-19(2)30(39)44-21(4)22-17-24(42-5)25(18-23(22)34(40)41)43-15-9-11-27(36)32-13-12-31-26(35)10-7-6-8-14-33-28(37)16-20(3)29(33)38;1-2/h17-21H,6-16H2,1-5H3,(H,31,35)(H,32,36);1-2H3. The van der Waals surface area contributed by atoms with Gasteiger partial charge in [0.15, 0.2) is 11.5 Å². The number of methoxy groups -OCH3 is 1. The molecule has 2 N–H and O–H groups in total. The van der Waals surface area contributed by atoms with Gasteiger partial charge in [-0.15, -0.1) is 0 Å². The number of nitro groups is 1. The summed E-state index contributed by atoms with van der Waals surface area (Å²) >= 11 is 0. The SMILES string of the molecule is CC.COc1cc(C(C)OC(=O)C(C)C)c([N+](=O)[O-])cc1OCCCC(=O)NCCNC(=O)CCCCCN1C(=O)CC(C)C1=O. The summed E-state index contributed by atoms with van der Waals surface area (Å²) < 4.78 is 16.3. The van der Waals surface area contributed by atoms with Gasteiger partial charge >= 0.3 is 5.97 Å². The Kier molecular flexibility index (Phi) is 17.9. The highest BCUT2D eigenvalue weighted by Crippen LogP contribution is 2.38. The van der Waals surface area contributed by atoms with Crippen molar-refractivity contribution in [1.29, 1.82) is 0 Å². The van der Waals surface area contributed by atoms with Crippen LogP contribution in [0.3, 0.4) is 0 Å². The van der Waals surface area contributed by atoms with E-state index in [4.69, 9.17) is 14.2 Å². The molecule has 0 aliphatic carbocycles. The number of benzene rings is 1. The molecule has 14 nitrogen and oxygen atoms in total. The molecule has 2 rings (SSSR count). The Balaban J connectivity index is 0.00000518. The molecule has 0 saturated carbocycles. The van der Waals surface area contributed by atoms with Crippen molar-refractivity contribution < 1.29 is 43.1 Å². The number of nitro benzene ring substituents is 1. The molecule has 258 valence electrons. The van der Waals surface area contributed by atoms with Gasteiger partial charge in [-0.05, 0) is 32.3 Å². The molecule has 1 fully saturated rings. The third-order valence-corrected chi connectivity index (χ3v) is 7.04. The van der Waals surface area contributed by atoms with Crippen LogP contribution in [-0.2, 0) is 28.7 Å². The van der Waals surface area contributed by atoms with Crippen molar-refractivity contribution in [1.82, 2.24) is 15.5 Å². The van der Waals surface area contributed by atoms with Gasteiger partial charge < -0.3 is 24.8 Å². The molecular formula is C32H50N4O10. The summed E-state index contributed by atoms with van der Waals surface area (Å²) in [5.41, 5.74) is -0.114. The minimum atomic E-state index is -0.878. The van der Waals surface area contributed by atoms with Crippen LogP contribution in [-0.4, -0.2) is 72.8 Å². The number of likely N-dealkylation sites (tertiary alicyclic amines) is 1. The second kappa shape index (κ2) is 20.7. The number of imide groups is 1. The van der Waals surface area contributed by atoms with Crippen molar-refractivity contribution in [3.05, 3.63) is 27.8 Å². The van der Waals surface area contributed by atoms with Crippen molar-refractivity contribution in [3.63, 3.8) is 0 Å². The highest BCUT2D eigenvalue weighted by molar-refractivity contribution is 6.03. The van der Waals surface area contributed by atoms with Crippen LogP contribution in [0.4, 0.5) is 5.69 Å². The zero-order valence-corrected chi connectivity index (χ0v) is 28.1. The van der Waals surface area contributed by atoms with Crippen molar-refractivity contribution >= 4 is 35.3 Å². The molecule has 1 aliphatic heterocycles. The monoisotopic (exact) mass is 650 g/mol. The molecule has 0 bridgehead atoms. The Morgan fingerprint density at radius 1 is 0.978 bits per heavy atom. The maximum absolute atomic E-state index is 12.2. The average Bonchev–Trinajstić information content (AvgIpc) is 3.27. The predicted octanol–water partition coefficient (Wildman–Crippen LogP) is 4.24. The summed E-state index contributed by atoms with van der Waals surface area (Å²) in [7, 11) is 1.39. The summed E-state index contributed by atoms with van der Waals surface area (Å²) in [5, 5.41) is 17.2. The zero-order chi connectivity index (χ0) is 34.8. The molecule has 1 aliphatic rings. The minimum absolute atomic E-state index is 0.0913. The van der Waals surface area contributed by atoms with Crippen LogP contribution < -0.4 is 20.1 Å². The van der Waals surface area contributed by atoms with Crippen molar-refractivity contribution in [2.75, 3.05) is 33.4 Å². The van der Waals surface area contributed by atoms with E-state index in [1.54, 1.807) is 27.7 Å². The molecule has 2 atom stereocenters. The number of carbonyl (C=O) groups is 5. The smallest absolute Gasteiger partial charge is 0.308 e. The van der Waals surface area contributed by atoms with E-state index in [0.29, 0.717) is 38.6 Å². The molecule has 0 radical (unpaired) electrons. The third-order valence-electron chi connectivity index (χ3n) is 7.04. The highest BCUT2D eigenvalue weighted by Gasteiger charge is 2.34. The molecule has 46 heavy (non-hydrogen) atoms. The number of nitrogens with zero attached hydrogens (tertiary/aromatic N) is 2. The van der Waals surface area contributed by atoms with Crippen LogP contribution in [0.15, 0.2) is 12.1 Å². The van der Waals surface area contributed by atoms with E-state index < -0.39 is 22.9 Å². The van der Waals surface area contributed by atoms with Crippen LogP contribution in [0.25, 0.3) is 0 Å². The number of hydrogen-bond acceptors (Lipinski definition) is 10. The lowest BCUT2D eigenvalue weighted by Crippen LogP contribution is -2.34. The fraction of sp³-hybridized carbons (Fsp3) is 0.656. The number of hydrogen-bond donors (Lipinski definition) is 2. The molecule has 2 unspecified atom stereocenters. The average molecular weight is 651 g/mol. The summed E-state index contributed by atoms with van der Waals surface area (Å²) in [4.78, 5) is 72.3. The van der Waals surface area contributed by atoms with E-state index in [1.165, 1.54) is 24.1 Å². The van der Waals surface area contributed by atoms with E-state index in [-0.39, 0.29) is 84.8 Å². The van der Waals surface area contributed by atoms with Gasteiger partial charge in [-0.1, -0.05) is 41.0 Å². The molecule has 1 aromatic carbocycles. The Morgan fingerprint density at radius 3 is 2.11 bits per heavy atom. The van der Waals surface area contributed by atoms with Crippen LogP contribution in [0.5, 0.6) is 11.5 Å². The molecule has 0 spiro atoms. The fourth-order valence-electron chi connectivity index (χ4n) is 4.51. The lowest BCUT2D eigenvalue weighted by molar-refractivity contribution is -0.386. The van der Waals surface area contributed by atoms with Crippen molar-refractivity contribution in [2.45, 2.75) is 92.6 Å². The van der Waals surface area contributed by atoms with Crippen LogP contribution >= 0.6 is 0 Å². The third kappa shape index (κ3) is 13.0. The maximum Gasteiger partial charge on any atom is 0.308 e. The van der Waals surface area contributed by atoms with Gasteiger partial charge in [-0.3, -0.25) is 39.0 Å².